The maximum Gasteiger partial charge on any atom is 0.338 e. The van der Waals surface area contributed by atoms with E-state index in [-0.39, 0.29) is 17.9 Å². The fraction of sp³-hybridized carbons (Fsp3) is 0.179. The molecule has 2 aromatic carbocycles. The molecule has 9 nitrogen and oxygen atoms in total. The molecule has 1 atom stereocenters. The van der Waals surface area contributed by atoms with Crippen LogP contribution >= 0.6 is 11.3 Å². The molecule has 2 aromatic heterocycles. The van der Waals surface area contributed by atoms with Crippen LogP contribution in [0, 0.1) is 17.0 Å². The SMILES string of the molecule is CCOC(=O)C1=C(C)N=c2s/c(=C\c3ccc(-c4cccc([N+](=O)[O-])c4)o3)c(=O)n2C1c1ccc(C)cc1. The van der Waals surface area contributed by atoms with Gasteiger partial charge in [-0.2, -0.15) is 0 Å². The maximum atomic E-state index is 13.7. The van der Waals surface area contributed by atoms with Crippen LogP contribution in [-0.2, 0) is 9.53 Å². The number of rotatable bonds is 6. The quantitative estimate of drug-likeness (QED) is 0.209. The Balaban J connectivity index is 1.61. The van der Waals surface area contributed by atoms with Crippen molar-refractivity contribution < 1.29 is 18.9 Å². The van der Waals surface area contributed by atoms with Gasteiger partial charge in [-0.1, -0.05) is 53.3 Å². The molecule has 1 unspecified atom stereocenters. The van der Waals surface area contributed by atoms with Gasteiger partial charge >= 0.3 is 5.97 Å². The minimum absolute atomic E-state index is 0.0439. The van der Waals surface area contributed by atoms with Crippen molar-refractivity contribution in [2.24, 2.45) is 4.99 Å². The van der Waals surface area contributed by atoms with Crippen LogP contribution in [0.25, 0.3) is 17.4 Å². The number of fused-ring (bicyclic) bond motifs is 1. The number of aromatic nitrogens is 1. The zero-order valence-corrected chi connectivity index (χ0v) is 21.7. The molecule has 1 aliphatic rings. The summed E-state index contributed by atoms with van der Waals surface area (Å²) in [5.74, 6) is 0.330. The summed E-state index contributed by atoms with van der Waals surface area (Å²) < 4.78 is 13.1. The number of furan rings is 1. The molecule has 0 bridgehead atoms. The predicted molar refractivity (Wildman–Crippen MR) is 142 cm³/mol. The van der Waals surface area contributed by atoms with Crippen molar-refractivity contribution >= 4 is 29.1 Å². The van der Waals surface area contributed by atoms with Gasteiger partial charge in [0.05, 0.1) is 33.4 Å². The average Bonchev–Trinajstić information content (AvgIpc) is 3.48. The molecule has 10 heteroatoms. The smallest absolute Gasteiger partial charge is 0.338 e. The van der Waals surface area contributed by atoms with Gasteiger partial charge in [0.1, 0.15) is 11.5 Å². The first-order chi connectivity index (χ1) is 18.3. The Morgan fingerprint density at radius 2 is 1.95 bits per heavy atom. The normalized spacial score (nSPS) is 15.2. The van der Waals surface area contributed by atoms with E-state index in [1.165, 1.54) is 28.0 Å². The average molecular weight is 530 g/mol. The van der Waals surface area contributed by atoms with Crippen LogP contribution in [0.2, 0.25) is 0 Å². The Labute approximate surface area is 220 Å². The summed E-state index contributed by atoms with van der Waals surface area (Å²) in [4.78, 5) is 42.3. The van der Waals surface area contributed by atoms with Crippen LogP contribution < -0.4 is 14.9 Å². The lowest BCUT2D eigenvalue weighted by Crippen LogP contribution is -2.39. The Bertz CT molecular complexity index is 1780. The van der Waals surface area contributed by atoms with Gasteiger partial charge < -0.3 is 9.15 Å². The second-order valence-electron chi connectivity index (χ2n) is 8.72. The first-order valence-electron chi connectivity index (χ1n) is 11.9. The number of aryl methyl sites for hydroxylation is 1. The van der Waals surface area contributed by atoms with Crippen molar-refractivity contribution in [1.82, 2.24) is 4.57 Å². The minimum Gasteiger partial charge on any atom is -0.463 e. The van der Waals surface area contributed by atoms with Crippen molar-refractivity contribution in [2.75, 3.05) is 6.61 Å². The molecule has 38 heavy (non-hydrogen) atoms. The Kier molecular flexibility index (Phi) is 6.64. The van der Waals surface area contributed by atoms with Crippen molar-refractivity contribution in [3.63, 3.8) is 0 Å². The van der Waals surface area contributed by atoms with Gasteiger partial charge in [-0.3, -0.25) is 19.5 Å². The topological polar surface area (TPSA) is 117 Å². The predicted octanol–water partition coefficient (Wildman–Crippen LogP) is 4.27. The number of esters is 1. The number of ether oxygens (including phenoxy) is 1. The van der Waals surface area contributed by atoms with Crippen LogP contribution in [-0.4, -0.2) is 22.1 Å². The van der Waals surface area contributed by atoms with E-state index in [9.17, 15) is 19.7 Å². The minimum atomic E-state index is -0.690. The lowest BCUT2D eigenvalue weighted by molar-refractivity contribution is -0.384. The number of allylic oxidation sites excluding steroid dienone is 1. The largest absolute Gasteiger partial charge is 0.463 e. The van der Waals surface area contributed by atoms with Crippen molar-refractivity contribution in [3.05, 3.63) is 119 Å². The van der Waals surface area contributed by atoms with Crippen molar-refractivity contribution in [1.29, 1.82) is 0 Å². The summed E-state index contributed by atoms with van der Waals surface area (Å²) in [5.41, 5.74) is 2.82. The lowest BCUT2D eigenvalue weighted by atomic mass is 9.95. The second-order valence-corrected chi connectivity index (χ2v) is 9.73. The maximum absolute atomic E-state index is 13.7. The molecule has 0 spiro atoms. The van der Waals surface area contributed by atoms with E-state index in [1.807, 2.05) is 31.2 Å². The molecule has 0 aliphatic carbocycles. The third-order valence-corrected chi connectivity index (χ3v) is 7.13. The molecule has 0 radical (unpaired) electrons. The highest BCUT2D eigenvalue weighted by atomic mass is 32.1. The Morgan fingerprint density at radius 3 is 2.66 bits per heavy atom. The summed E-state index contributed by atoms with van der Waals surface area (Å²) in [5, 5.41) is 11.1. The number of hydrogen-bond donors (Lipinski definition) is 0. The third kappa shape index (κ3) is 4.61. The van der Waals surface area contributed by atoms with Gasteiger partial charge in [-0.05, 0) is 38.5 Å². The molecule has 3 heterocycles. The van der Waals surface area contributed by atoms with E-state index in [0.29, 0.717) is 37.7 Å². The molecule has 0 amide bonds. The number of hydrogen-bond acceptors (Lipinski definition) is 8. The molecular formula is C28H23N3O6S. The van der Waals surface area contributed by atoms with Crippen LogP contribution in [0.3, 0.4) is 0 Å². The van der Waals surface area contributed by atoms with Gasteiger partial charge in [0.25, 0.3) is 11.2 Å². The summed E-state index contributed by atoms with van der Waals surface area (Å²) in [6.07, 6.45) is 1.61. The Morgan fingerprint density at radius 1 is 1.18 bits per heavy atom. The van der Waals surface area contributed by atoms with Gasteiger partial charge in [0.15, 0.2) is 4.80 Å². The molecule has 0 saturated carbocycles. The monoisotopic (exact) mass is 529 g/mol. The summed E-state index contributed by atoms with van der Waals surface area (Å²) in [6.45, 7) is 5.64. The first kappa shape index (κ1) is 25.1. The first-order valence-corrected chi connectivity index (χ1v) is 12.7. The number of nitrogens with zero attached hydrogens (tertiary/aromatic N) is 3. The van der Waals surface area contributed by atoms with E-state index in [2.05, 4.69) is 4.99 Å². The van der Waals surface area contributed by atoms with Gasteiger partial charge in [-0.15, -0.1) is 0 Å². The van der Waals surface area contributed by atoms with E-state index in [0.717, 1.165) is 11.1 Å². The van der Waals surface area contributed by atoms with E-state index in [4.69, 9.17) is 9.15 Å². The zero-order chi connectivity index (χ0) is 27.0. The van der Waals surface area contributed by atoms with Crippen molar-refractivity contribution in [2.45, 2.75) is 26.8 Å². The fourth-order valence-corrected chi connectivity index (χ4v) is 5.37. The fourth-order valence-electron chi connectivity index (χ4n) is 4.34. The van der Waals surface area contributed by atoms with Crippen LogP contribution in [0.4, 0.5) is 5.69 Å². The van der Waals surface area contributed by atoms with Gasteiger partial charge in [0, 0.05) is 23.8 Å². The number of non-ortho nitro benzene ring substituents is 1. The molecule has 0 fully saturated rings. The number of nitro benzene ring substituents is 1. The summed E-state index contributed by atoms with van der Waals surface area (Å²) >= 11 is 1.19. The molecule has 0 saturated heterocycles. The van der Waals surface area contributed by atoms with Crippen molar-refractivity contribution in [3.8, 4) is 11.3 Å². The third-order valence-electron chi connectivity index (χ3n) is 6.15. The number of carbonyl (C=O) groups excluding carboxylic acids is 1. The van der Waals surface area contributed by atoms with E-state index >= 15 is 0 Å². The highest BCUT2D eigenvalue weighted by Gasteiger charge is 2.33. The highest BCUT2D eigenvalue weighted by molar-refractivity contribution is 7.07. The second kappa shape index (κ2) is 10.1. The van der Waals surface area contributed by atoms with E-state index in [1.54, 1.807) is 44.2 Å². The number of benzene rings is 2. The standard InChI is InChI=1S/C28H23N3O6S/c1-4-36-27(33)24-17(3)29-28-30(25(24)18-10-8-16(2)9-11-18)26(32)23(38-28)15-21-12-13-22(37-21)19-6-5-7-20(14-19)31(34)35/h5-15,25H,4H2,1-3H3/b23-15-. The Hall–Kier alpha value is -4.57. The molecular weight excluding hydrogens is 506 g/mol. The summed E-state index contributed by atoms with van der Waals surface area (Å²) in [6, 6.07) is 16.5. The molecule has 0 N–H and O–H groups in total. The van der Waals surface area contributed by atoms with E-state index < -0.39 is 16.9 Å². The molecule has 4 aromatic rings. The molecule has 192 valence electrons. The van der Waals surface area contributed by atoms with Crippen LogP contribution in [0.15, 0.2) is 86.1 Å². The van der Waals surface area contributed by atoms with Gasteiger partial charge in [0.2, 0.25) is 0 Å². The molecule has 1 aliphatic heterocycles. The van der Waals surface area contributed by atoms with Crippen LogP contribution in [0.5, 0.6) is 0 Å². The molecule has 5 rings (SSSR count). The number of nitro groups is 1. The number of thiazole rings is 1. The van der Waals surface area contributed by atoms with Gasteiger partial charge in [-0.25, -0.2) is 9.79 Å². The number of carbonyl (C=O) groups is 1. The summed E-state index contributed by atoms with van der Waals surface area (Å²) in [7, 11) is 0. The lowest BCUT2D eigenvalue weighted by Gasteiger charge is -2.24. The zero-order valence-electron chi connectivity index (χ0n) is 20.8. The highest BCUT2D eigenvalue weighted by Crippen LogP contribution is 2.31. The van der Waals surface area contributed by atoms with Crippen LogP contribution in [0.1, 0.15) is 36.8 Å².